The fraction of sp³-hybridized carbons (Fsp3) is 0.200. The number of benzene rings is 2. The van der Waals surface area contributed by atoms with Gasteiger partial charge in [-0.15, -0.1) is 0 Å². The molecule has 0 aromatic heterocycles. The van der Waals surface area contributed by atoms with E-state index in [0.717, 1.165) is 11.3 Å². The van der Waals surface area contributed by atoms with Crippen LogP contribution in [-0.4, -0.2) is 17.6 Å². The Hall–Kier alpha value is -2.93. The second-order valence-corrected chi connectivity index (χ2v) is 6.46. The lowest BCUT2D eigenvalue weighted by atomic mass is 9.88. The number of rotatable bonds is 5. The number of para-hydroxylation sites is 1. The highest BCUT2D eigenvalue weighted by atomic mass is 32.1. The summed E-state index contributed by atoms with van der Waals surface area (Å²) in [5.74, 6) is -0.828. The molecule has 1 amide bonds. The second-order valence-electron chi connectivity index (χ2n) is 6.05. The molecule has 3 rings (SSSR count). The number of thiocarbonyl (C=S) groups is 1. The molecule has 0 bridgehead atoms. The van der Waals surface area contributed by atoms with Gasteiger partial charge in [0.1, 0.15) is 17.5 Å². The molecule has 5 nitrogen and oxygen atoms in total. The number of hydrogen-bond donors (Lipinski definition) is 3. The van der Waals surface area contributed by atoms with Gasteiger partial charge in [-0.3, -0.25) is 4.79 Å². The molecular weight excluding hydrogens is 365 g/mol. The van der Waals surface area contributed by atoms with E-state index in [0.29, 0.717) is 17.4 Å². The molecule has 0 radical (unpaired) electrons. The van der Waals surface area contributed by atoms with Gasteiger partial charge in [-0.25, -0.2) is 4.39 Å². The molecule has 1 aliphatic rings. The average molecular weight is 385 g/mol. The van der Waals surface area contributed by atoms with Crippen LogP contribution < -0.4 is 20.7 Å². The Kier molecular flexibility index (Phi) is 5.71. The third-order valence-corrected chi connectivity index (χ3v) is 4.45. The number of hydrogen-bond acceptors (Lipinski definition) is 3. The van der Waals surface area contributed by atoms with Crippen LogP contribution >= 0.6 is 12.2 Å². The first-order valence-corrected chi connectivity index (χ1v) is 8.95. The first kappa shape index (κ1) is 18.8. The van der Waals surface area contributed by atoms with E-state index in [4.69, 9.17) is 17.0 Å². The van der Waals surface area contributed by atoms with E-state index in [1.54, 1.807) is 12.1 Å². The predicted molar refractivity (Wildman–Crippen MR) is 107 cm³/mol. The van der Waals surface area contributed by atoms with Gasteiger partial charge in [0.05, 0.1) is 18.3 Å². The minimum atomic E-state index is -0.686. The normalized spacial score (nSPS) is 19.0. The molecule has 2 aromatic carbocycles. The molecule has 2 aromatic rings. The van der Waals surface area contributed by atoms with Crippen molar-refractivity contribution in [3.63, 3.8) is 0 Å². The summed E-state index contributed by atoms with van der Waals surface area (Å²) in [4.78, 5) is 12.9. The summed E-state index contributed by atoms with van der Waals surface area (Å²) in [5.41, 5.74) is 1.41. The van der Waals surface area contributed by atoms with E-state index in [2.05, 4.69) is 22.5 Å². The third kappa shape index (κ3) is 4.25. The summed E-state index contributed by atoms with van der Waals surface area (Å²) < 4.78 is 19.4. The third-order valence-electron chi connectivity index (χ3n) is 4.23. The van der Waals surface area contributed by atoms with Crippen molar-refractivity contribution in [3.05, 3.63) is 72.2 Å². The van der Waals surface area contributed by atoms with Crippen molar-refractivity contribution in [1.82, 2.24) is 10.6 Å². The summed E-state index contributed by atoms with van der Waals surface area (Å²) in [7, 11) is 0. The first-order valence-electron chi connectivity index (χ1n) is 8.54. The van der Waals surface area contributed by atoms with Crippen LogP contribution in [0.4, 0.5) is 10.1 Å². The number of ether oxygens (including phenoxy) is 1. The molecule has 7 heteroatoms. The number of amides is 1. The van der Waals surface area contributed by atoms with Crippen LogP contribution in [0, 0.1) is 11.7 Å². The summed E-state index contributed by atoms with van der Waals surface area (Å²) in [6, 6.07) is 13.0. The zero-order valence-corrected chi connectivity index (χ0v) is 15.6. The summed E-state index contributed by atoms with van der Waals surface area (Å²) in [6.45, 7) is 6.42. The number of carbonyl (C=O) groups excluding carboxylic acids is 1. The van der Waals surface area contributed by atoms with Crippen molar-refractivity contribution in [1.29, 1.82) is 0 Å². The molecule has 0 aliphatic carbocycles. The molecule has 1 aliphatic heterocycles. The molecule has 1 fully saturated rings. The second kappa shape index (κ2) is 8.18. The van der Waals surface area contributed by atoms with Gasteiger partial charge in [-0.2, -0.15) is 0 Å². The minimum Gasteiger partial charge on any atom is -0.494 e. The van der Waals surface area contributed by atoms with Crippen molar-refractivity contribution in [2.45, 2.75) is 13.0 Å². The van der Waals surface area contributed by atoms with Crippen molar-refractivity contribution in [2.24, 2.45) is 5.92 Å². The van der Waals surface area contributed by atoms with E-state index in [1.807, 2.05) is 31.2 Å². The number of carbonyl (C=O) groups is 1. The molecule has 0 unspecified atom stereocenters. The van der Waals surface area contributed by atoms with E-state index in [-0.39, 0.29) is 11.6 Å². The Morgan fingerprint density at radius 1 is 1.26 bits per heavy atom. The summed E-state index contributed by atoms with van der Waals surface area (Å²) in [5, 5.41) is 9.02. The monoisotopic (exact) mass is 385 g/mol. The molecule has 1 saturated heterocycles. The Morgan fingerprint density at radius 3 is 2.63 bits per heavy atom. The SMILES string of the molecule is C=C1NC(=S)N[C@@H](c2ccc(OCC)cc2)[C@H]1C(=O)Nc1ccccc1F. The topological polar surface area (TPSA) is 62.4 Å². The Bertz CT molecular complexity index is 870. The van der Waals surface area contributed by atoms with Gasteiger partial charge in [0.25, 0.3) is 0 Å². The first-order chi connectivity index (χ1) is 13.0. The molecule has 2 atom stereocenters. The molecule has 0 spiro atoms. The van der Waals surface area contributed by atoms with E-state index in [1.165, 1.54) is 12.1 Å². The van der Waals surface area contributed by atoms with Crippen LogP contribution in [0.3, 0.4) is 0 Å². The molecule has 27 heavy (non-hydrogen) atoms. The van der Waals surface area contributed by atoms with Crippen molar-refractivity contribution >= 4 is 28.9 Å². The largest absolute Gasteiger partial charge is 0.494 e. The van der Waals surface area contributed by atoms with Gasteiger partial charge in [-0.1, -0.05) is 30.8 Å². The average Bonchev–Trinajstić information content (AvgIpc) is 2.64. The van der Waals surface area contributed by atoms with Gasteiger partial charge in [0.2, 0.25) is 5.91 Å². The fourth-order valence-electron chi connectivity index (χ4n) is 2.98. The number of nitrogens with one attached hydrogen (secondary N) is 3. The maximum absolute atomic E-state index is 13.9. The lowest BCUT2D eigenvalue weighted by Crippen LogP contribution is -2.51. The predicted octanol–water partition coefficient (Wildman–Crippen LogP) is 3.51. The van der Waals surface area contributed by atoms with Crippen LogP contribution in [0.5, 0.6) is 5.75 Å². The number of halogens is 1. The van der Waals surface area contributed by atoms with Gasteiger partial charge < -0.3 is 20.7 Å². The lowest BCUT2D eigenvalue weighted by molar-refractivity contribution is -0.119. The quantitative estimate of drug-likeness (QED) is 0.688. The van der Waals surface area contributed by atoms with E-state index < -0.39 is 17.8 Å². The zero-order chi connectivity index (χ0) is 19.4. The summed E-state index contributed by atoms with van der Waals surface area (Å²) in [6.07, 6.45) is 0. The molecule has 1 heterocycles. The van der Waals surface area contributed by atoms with E-state index >= 15 is 0 Å². The highest BCUT2D eigenvalue weighted by Gasteiger charge is 2.36. The van der Waals surface area contributed by atoms with Crippen LogP contribution in [0.2, 0.25) is 0 Å². The Morgan fingerprint density at radius 2 is 1.96 bits per heavy atom. The summed E-state index contributed by atoms with van der Waals surface area (Å²) >= 11 is 5.22. The van der Waals surface area contributed by atoms with E-state index in [9.17, 15) is 9.18 Å². The van der Waals surface area contributed by atoms with Gasteiger partial charge in [-0.05, 0) is 49.0 Å². The number of anilines is 1. The molecule has 3 N–H and O–H groups in total. The van der Waals surface area contributed by atoms with Crippen molar-refractivity contribution in [2.75, 3.05) is 11.9 Å². The maximum atomic E-state index is 13.9. The van der Waals surface area contributed by atoms with Crippen LogP contribution in [0.15, 0.2) is 60.8 Å². The minimum absolute atomic E-state index is 0.119. The molecular formula is C20H20FN3O2S. The van der Waals surface area contributed by atoms with Gasteiger partial charge in [0, 0.05) is 5.70 Å². The van der Waals surface area contributed by atoms with Crippen LogP contribution in [0.25, 0.3) is 0 Å². The highest BCUT2D eigenvalue weighted by Crippen LogP contribution is 2.31. The maximum Gasteiger partial charge on any atom is 0.235 e. The fourth-order valence-corrected chi connectivity index (χ4v) is 3.24. The van der Waals surface area contributed by atoms with Gasteiger partial charge >= 0.3 is 0 Å². The Labute approximate surface area is 162 Å². The zero-order valence-electron chi connectivity index (χ0n) is 14.8. The van der Waals surface area contributed by atoms with Crippen molar-refractivity contribution in [3.8, 4) is 5.75 Å². The van der Waals surface area contributed by atoms with Crippen LogP contribution in [0.1, 0.15) is 18.5 Å². The Balaban J connectivity index is 1.87. The van der Waals surface area contributed by atoms with Crippen molar-refractivity contribution < 1.29 is 13.9 Å². The smallest absolute Gasteiger partial charge is 0.235 e. The highest BCUT2D eigenvalue weighted by molar-refractivity contribution is 7.80. The van der Waals surface area contributed by atoms with Gasteiger partial charge in [0.15, 0.2) is 5.11 Å². The lowest BCUT2D eigenvalue weighted by Gasteiger charge is -2.35. The van der Waals surface area contributed by atoms with Crippen LogP contribution in [-0.2, 0) is 4.79 Å². The molecule has 0 saturated carbocycles. The standard InChI is InChI=1S/C20H20FN3O2S/c1-3-26-14-10-8-13(9-11-14)18-17(12(2)22-20(27)24-18)19(25)23-16-7-5-4-6-15(16)21/h4-11,17-18H,2-3H2,1H3,(H,23,25)(H2,22,24,27)/t17-,18-/m0/s1. The molecule has 140 valence electrons.